The van der Waals surface area contributed by atoms with E-state index in [9.17, 15) is 4.79 Å². The van der Waals surface area contributed by atoms with Crippen LogP contribution in [0.15, 0.2) is 30.5 Å². The Hall–Kier alpha value is -2.10. The van der Waals surface area contributed by atoms with Crippen LogP contribution in [0.4, 0.5) is 10.5 Å². The number of anilines is 1. The van der Waals surface area contributed by atoms with Crippen LogP contribution in [0.3, 0.4) is 0 Å². The lowest BCUT2D eigenvalue weighted by Crippen LogP contribution is -2.27. The molecule has 1 amide bonds. The Kier molecular flexibility index (Phi) is 3.42. The van der Waals surface area contributed by atoms with Gasteiger partial charge >= 0.3 is 6.09 Å². The van der Waals surface area contributed by atoms with E-state index in [1.165, 1.54) is 0 Å². The molecule has 0 aliphatic carbocycles. The average Bonchev–Trinajstić information content (AvgIpc) is 2.31. The van der Waals surface area contributed by atoms with E-state index in [-0.39, 0.29) is 0 Å². The molecule has 0 saturated carbocycles. The number of hydrogen-bond donors (Lipinski definition) is 1. The fourth-order valence-electron chi connectivity index (χ4n) is 1.83. The maximum Gasteiger partial charge on any atom is 0.412 e. The number of aromatic nitrogens is 1. The van der Waals surface area contributed by atoms with Crippen molar-refractivity contribution in [3.8, 4) is 0 Å². The number of nitrogens with zero attached hydrogens (tertiary/aromatic N) is 1. The van der Waals surface area contributed by atoms with Crippen LogP contribution in [0, 0.1) is 6.92 Å². The van der Waals surface area contributed by atoms with E-state index in [4.69, 9.17) is 4.74 Å². The topological polar surface area (TPSA) is 51.2 Å². The summed E-state index contributed by atoms with van der Waals surface area (Å²) in [4.78, 5) is 16.1. The molecular weight excluding hydrogens is 240 g/mol. The van der Waals surface area contributed by atoms with E-state index in [0.717, 1.165) is 16.5 Å². The maximum absolute atomic E-state index is 11.9. The monoisotopic (exact) mass is 258 g/mol. The van der Waals surface area contributed by atoms with Crippen LogP contribution in [0.5, 0.6) is 0 Å². The molecule has 0 aliphatic rings. The molecular formula is C15H18N2O2. The summed E-state index contributed by atoms with van der Waals surface area (Å²) in [5.41, 5.74) is 0.952. The quantitative estimate of drug-likeness (QED) is 0.844. The summed E-state index contributed by atoms with van der Waals surface area (Å²) in [6, 6.07) is 7.79. The summed E-state index contributed by atoms with van der Waals surface area (Å²) in [6.07, 6.45) is 1.33. The normalized spacial score (nSPS) is 11.4. The van der Waals surface area contributed by atoms with Crippen LogP contribution >= 0.6 is 0 Å². The zero-order chi connectivity index (χ0) is 14.0. The first-order valence-electron chi connectivity index (χ1n) is 6.21. The SMILES string of the molecule is Cc1ncc2ccccc2c1NC(=O)OC(C)(C)C. The van der Waals surface area contributed by atoms with Gasteiger partial charge < -0.3 is 4.74 Å². The second-order valence-corrected chi connectivity index (χ2v) is 5.43. The van der Waals surface area contributed by atoms with E-state index in [0.29, 0.717) is 5.69 Å². The summed E-state index contributed by atoms with van der Waals surface area (Å²) in [6.45, 7) is 7.36. The number of carbonyl (C=O) groups excluding carboxylic acids is 1. The number of fused-ring (bicyclic) bond motifs is 1. The molecule has 0 spiro atoms. The van der Waals surface area contributed by atoms with Crippen LogP contribution in [-0.4, -0.2) is 16.7 Å². The molecule has 0 atom stereocenters. The van der Waals surface area contributed by atoms with Crippen LogP contribution in [-0.2, 0) is 4.74 Å². The lowest BCUT2D eigenvalue weighted by molar-refractivity contribution is 0.0636. The van der Waals surface area contributed by atoms with Crippen molar-refractivity contribution >= 4 is 22.6 Å². The first kappa shape index (κ1) is 13.3. The molecule has 19 heavy (non-hydrogen) atoms. The summed E-state index contributed by atoms with van der Waals surface area (Å²) in [5, 5.41) is 4.73. The van der Waals surface area contributed by atoms with Crippen LogP contribution < -0.4 is 5.32 Å². The molecule has 0 unspecified atom stereocenters. The predicted octanol–water partition coefficient (Wildman–Crippen LogP) is 3.89. The van der Waals surface area contributed by atoms with E-state index < -0.39 is 11.7 Å². The van der Waals surface area contributed by atoms with Crippen molar-refractivity contribution in [3.05, 3.63) is 36.2 Å². The van der Waals surface area contributed by atoms with Gasteiger partial charge in [0, 0.05) is 17.0 Å². The standard InChI is InChI=1S/C15H18N2O2/c1-10-13(17-14(18)19-15(2,3)4)12-8-6-5-7-11(12)9-16-10/h5-9H,1-4H3,(H,17,18). The highest BCUT2D eigenvalue weighted by Crippen LogP contribution is 2.25. The minimum absolute atomic E-state index is 0.464. The Morgan fingerprint density at radius 2 is 1.95 bits per heavy atom. The Bertz CT molecular complexity index is 615. The van der Waals surface area contributed by atoms with Crippen molar-refractivity contribution in [1.82, 2.24) is 4.98 Å². The molecule has 1 aromatic carbocycles. The third-order valence-corrected chi connectivity index (χ3v) is 2.62. The summed E-state index contributed by atoms with van der Waals surface area (Å²) >= 11 is 0. The summed E-state index contributed by atoms with van der Waals surface area (Å²) in [7, 11) is 0. The lowest BCUT2D eigenvalue weighted by Gasteiger charge is -2.20. The highest BCUT2D eigenvalue weighted by molar-refractivity contribution is 6.00. The van der Waals surface area contributed by atoms with Gasteiger partial charge in [-0.25, -0.2) is 4.79 Å². The third kappa shape index (κ3) is 3.22. The molecule has 4 heteroatoms. The maximum atomic E-state index is 11.9. The molecule has 2 aromatic rings. The van der Waals surface area contributed by atoms with Crippen molar-refractivity contribution in [2.75, 3.05) is 5.32 Å². The van der Waals surface area contributed by atoms with Gasteiger partial charge in [-0.1, -0.05) is 24.3 Å². The van der Waals surface area contributed by atoms with Gasteiger partial charge in [0.1, 0.15) is 5.60 Å². The predicted molar refractivity (Wildman–Crippen MR) is 76.3 cm³/mol. The molecule has 0 fully saturated rings. The Labute approximate surface area is 112 Å². The number of hydrogen-bond acceptors (Lipinski definition) is 3. The number of carbonyl (C=O) groups is 1. The third-order valence-electron chi connectivity index (χ3n) is 2.62. The molecule has 0 saturated heterocycles. The Balaban J connectivity index is 2.34. The Morgan fingerprint density at radius 3 is 2.63 bits per heavy atom. The zero-order valence-corrected chi connectivity index (χ0v) is 11.7. The van der Waals surface area contributed by atoms with E-state index in [1.807, 2.05) is 52.0 Å². The molecule has 1 N–H and O–H groups in total. The van der Waals surface area contributed by atoms with Gasteiger partial charge in [-0.2, -0.15) is 0 Å². The number of pyridine rings is 1. The van der Waals surface area contributed by atoms with Gasteiger partial charge in [0.05, 0.1) is 11.4 Å². The van der Waals surface area contributed by atoms with Crippen molar-refractivity contribution in [2.45, 2.75) is 33.3 Å². The highest BCUT2D eigenvalue weighted by Gasteiger charge is 2.17. The lowest BCUT2D eigenvalue weighted by atomic mass is 10.1. The molecule has 0 aliphatic heterocycles. The molecule has 0 bridgehead atoms. The minimum Gasteiger partial charge on any atom is -0.444 e. The summed E-state index contributed by atoms with van der Waals surface area (Å²) < 4.78 is 5.27. The largest absolute Gasteiger partial charge is 0.444 e. The molecule has 0 radical (unpaired) electrons. The van der Waals surface area contributed by atoms with Gasteiger partial charge in [-0.15, -0.1) is 0 Å². The highest BCUT2D eigenvalue weighted by atomic mass is 16.6. The van der Waals surface area contributed by atoms with Crippen molar-refractivity contribution in [2.24, 2.45) is 0 Å². The first-order valence-corrected chi connectivity index (χ1v) is 6.21. The molecule has 1 heterocycles. The fraction of sp³-hybridized carbons (Fsp3) is 0.333. The van der Waals surface area contributed by atoms with Crippen LogP contribution in [0.1, 0.15) is 26.5 Å². The van der Waals surface area contributed by atoms with Gasteiger partial charge in [0.15, 0.2) is 0 Å². The minimum atomic E-state index is -0.518. The number of nitrogens with one attached hydrogen (secondary N) is 1. The van der Waals surface area contributed by atoms with Crippen LogP contribution in [0.25, 0.3) is 10.8 Å². The van der Waals surface area contributed by atoms with Crippen molar-refractivity contribution < 1.29 is 9.53 Å². The smallest absolute Gasteiger partial charge is 0.412 e. The van der Waals surface area contributed by atoms with E-state index >= 15 is 0 Å². The van der Waals surface area contributed by atoms with E-state index in [1.54, 1.807) is 6.20 Å². The van der Waals surface area contributed by atoms with Gasteiger partial charge in [-0.3, -0.25) is 10.3 Å². The number of ether oxygens (including phenoxy) is 1. The van der Waals surface area contributed by atoms with E-state index in [2.05, 4.69) is 10.3 Å². The molecule has 1 aromatic heterocycles. The Morgan fingerprint density at radius 1 is 1.26 bits per heavy atom. The van der Waals surface area contributed by atoms with Gasteiger partial charge in [-0.05, 0) is 27.7 Å². The number of benzene rings is 1. The zero-order valence-electron chi connectivity index (χ0n) is 11.7. The van der Waals surface area contributed by atoms with Crippen molar-refractivity contribution in [3.63, 3.8) is 0 Å². The second kappa shape index (κ2) is 4.88. The molecule has 2 rings (SSSR count). The molecule has 4 nitrogen and oxygen atoms in total. The number of rotatable bonds is 1. The first-order chi connectivity index (χ1) is 8.87. The molecule has 100 valence electrons. The number of amides is 1. The average molecular weight is 258 g/mol. The van der Waals surface area contributed by atoms with Gasteiger partial charge in [0.25, 0.3) is 0 Å². The second-order valence-electron chi connectivity index (χ2n) is 5.43. The van der Waals surface area contributed by atoms with Gasteiger partial charge in [0.2, 0.25) is 0 Å². The van der Waals surface area contributed by atoms with Crippen LogP contribution in [0.2, 0.25) is 0 Å². The summed E-state index contributed by atoms with van der Waals surface area (Å²) in [5.74, 6) is 0. The van der Waals surface area contributed by atoms with Crippen molar-refractivity contribution in [1.29, 1.82) is 0 Å². The number of aryl methyl sites for hydroxylation is 1. The fourth-order valence-corrected chi connectivity index (χ4v) is 1.83.